The molecule has 1 unspecified atom stereocenters. The van der Waals surface area contributed by atoms with Gasteiger partial charge in [0.05, 0.1) is 0 Å². The lowest BCUT2D eigenvalue weighted by molar-refractivity contribution is -0.119. The highest BCUT2D eigenvalue weighted by molar-refractivity contribution is 5.97. The molecule has 0 saturated carbocycles. The van der Waals surface area contributed by atoms with Crippen molar-refractivity contribution in [2.24, 2.45) is 0 Å². The Morgan fingerprint density at radius 2 is 1.83 bits per heavy atom. The van der Waals surface area contributed by atoms with E-state index in [2.05, 4.69) is 43.9 Å². The number of anilines is 1. The Kier molecular flexibility index (Phi) is 5.60. The summed E-state index contributed by atoms with van der Waals surface area (Å²) in [6.45, 7) is 9.89. The fourth-order valence-electron chi connectivity index (χ4n) is 4.71. The predicted molar refractivity (Wildman–Crippen MR) is 101 cm³/mol. The van der Waals surface area contributed by atoms with Crippen LogP contribution in [0.15, 0.2) is 18.2 Å². The molecule has 0 saturated heterocycles. The summed E-state index contributed by atoms with van der Waals surface area (Å²) in [6.07, 6.45) is 6.42. The minimum atomic E-state index is 0.324. The maximum absolute atomic E-state index is 12.7. The molecule has 0 spiro atoms. The maximum atomic E-state index is 12.7. The molecule has 2 aliphatic rings. The Bertz CT molecular complexity index is 577. The van der Waals surface area contributed by atoms with Gasteiger partial charge in [0.25, 0.3) is 0 Å². The summed E-state index contributed by atoms with van der Waals surface area (Å²) >= 11 is 0. The molecule has 1 aromatic carbocycles. The number of rotatable bonds is 7. The standard InChI is InChI=1S/C21H32N2O/c1-4-10-22(11-5-2)18-13-16-8-7-9-19-21(16)17(14-18)15-20(24)23(19)12-6-3/h7-9,17-18H,4-6,10-15H2,1-3H3/t17-,18?/m0/s1. The van der Waals surface area contributed by atoms with Crippen molar-refractivity contribution in [3.05, 3.63) is 29.3 Å². The van der Waals surface area contributed by atoms with Gasteiger partial charge in [0, 0.05) is 24.7 Å². The Morgan fingerprint density at radius 1 is 1.08 bits per heavy atom. The molecule has 132 valence electrons. The van der Waals surface area contributed by atoms with E-state index in [0.717, 1.165) is 25.8 Å². The molecule has 1 heterocycles. The summed E-state index contributed by atoms with van der Waals surface area (Å²) in [5.41, 5.74) is 4.17. The topological polar surface area (TPSA) is 23.6 Å². The molecule has 0 fully saturated rings. The Morgan fingerprint density at radius 3 is 2.50 bits per heavy atom. The number of carbonyl (C=O) groups excluding carboxylic acids is 1. The van der Waals surface area contributed by atoms with Crippen LogP contribution in [0.3, 0.4) is 0 Å². The largest absolute Gasteiger partial charge is 0.312 e. The number of carbonyl (C=O) groups is 1. The Balaban J connectivity index is 1.91. The third kappa shape index (κ3) is 3.23. The van der Waals surface area contributed by atoms with Crippen molar-refractivity contribution in [1.82, 2.24) is 4.90 Å². The second-order valence-electron chi connectivity index (χ2n) is 7.43. The number of hydrogen-bond donors (Lipinski definition) is 0. The van der Waals surface area contributed by atoms with Gasteiger partial charge in [0.1, 0.15) is 0 Å². The molecule has 1 amide bonds. The summed E-state index contributed by atoms with van der Waals surface area (Å²) < 4.78 is 0. The lowest BCUT2D eigenvalue weighted by Gasteiger charge is -2.43. The van der Waals surface area contributed by atoms with Crippen LogP contribution in [-0.4, -0.2) is 36.5 Å². The average molecular weight is 328 g/mol. The number of benzene rings is 1. The molecule has 3 heteroatoms. The zero-order chi connectivity index (χ0) is 17.1. The number of amides is 1. The smallest absolute Gasteiger partial charge is 0.227 e. The van der Waals surface area contributed by atoms with Crippen molar-refractivity contribution in [2.75, 3.05) is 24.5 Å². The fourth-order valence-corrected chi connectivity index (χ4v) is 4.71. The van der Waals surface area contributed by atoms with Crippen LogP contribution in [-0.2, 0) is 11.2 Å². The van der Waals surface area contributed by atoms with Gasteiger partial charge < -0.3 is 9.80 Å². The van der Waals surface area contributed by atoms with E-state index in [4.69, 9.17) is 0 Å². The van der Waals surface area contributed by atoms with Gasteiger partial charge in [-0.1, -0.05) is 32.9 Å². The van der Waals surface area contributed by atoms with E-state index in [1.807, 2.05) is 4.90 Å². The molecule has 0 radical (unpaired) electrons. The van der Waals surface area contributed by atoms with Crippen molar-refractivity contribution in [3.63, 3.8) is 0 Å². The summed E-state index contributed by atoms with van der Waals surface area (Å²) in [7, 11) is 0. The molecular weight excluding hydrogens is 296 g/mol. The minimum absolute atomic E-state index is 0.324. The lowest BCUT2D eigenvalue weighted by Crippen LogP contribution is -2.45. The highest BCUT2D eigenvalue weighted by atomic mass is 16.2. The third-order valence-corrected chi connectivity index (χ3v) is 5.59. The first kappa shape index (κ1) is 17.5. The van der Waals surface area contributed by atoms with Crippen molar-refractivity contribution in [1.29, 1.82) is 0 Å². The molecular formula is C21H32N2O. The first-order valence-corrected chi connectivity index (χ1v) is 9.85. The second kappa shape index (κ2) is 7.69. The van der Waals surface area contributed by atoms with Crippen LogP contribution in [0.25, 0.3) is 0 Å². The summed E-state index contributed by atoms with van der Waals surface area (Å²) in [5.74, 6) is 0.747. The summed E-state index contributed by atoms with van der Waals surface area (Å²) in [6, 6.07) is 7.21. The highest BCUT2D eigenvalue weighted by Gasteiger charge is 2.38. The Hall–Kier alpha value is -1.35. The van der Waals surface area contributed by atoms with E-state index in [-0.39, 0.29) is 0 Å². The van der Waals surface area contributed by atoms with Gasteiger partial charge in [-0.05, 0) is 68.3 Å². The van der Waals surface area contributed by atoms with E-state index in [1.54, 1.807) is 0 Å². The molecule has 3 rings (SSSR count). The van der Waals surface area contributed by atoms with Gasteiger partial charge in [-0.2, -0.15) is 0 Å². The van der Waals surface area contributed by atoms with Gasteiger partial charge >= 0.3 is 0 Å². The van der Waals surface area contributed by atoms with E-state index in [1.165, 1.54) is 42.7 Å². The van der Waals surface area contributed by atoms with Gasteiger partial charge in [0.15, 0.2) is 0 Å². The van der Waals surface area contributed by atoms with Crippen LogP contribution in [0.2, 0.25) is 0 Å². The quantitative estimate of drug-likeness (QED) is 0.743. The van der Waals surface area contributed by atoms with E-state index in [0.29, 0.717) is 24.3 Å². The molecule has 3 nitrogen and oxygen atoms in total. The lowest BCUT2D eigenvalue weighted by atomic mass is 9.75. The van der Waals surface area contributed by atoms with Crippen LogP contribution in [0.5, 0.6) is 0 Å². The molecule has 1 aliphatic carbocycles. The van der Waals surface area contributed by atoms with Gasteiger partial charge in [0.2, 0.25) is 5.91 Å². The SMILES string of the molecule is CCCN1C(=O)C[C@@H]2CC(N(CCC)CCC)Cc3cccc1c32. The Labute approximate surface area is 147 Å². The van der Waals surface area contributed by atoms with Gasteiger partial charge in [-0.3, -0.25) is 4.79 Å². The highest BCUT2D eigenvalue weighted by Crippen LogP contribution is 2.45. The number of hydrogen-bond acceptors (Lipinski definition) is 2. The predicted octanol–water partition coefficient (Wildman–Crippen LogP) is 4.35. The maximum Gasteiger partial charge on any atom is 0.227 e. The summed E-state index contributed by atoms with van der Waals surface area (Å²) in [4.78, 5) is 17.4. The van der Waals surface area contributed by atoms with Crippen molar-refractivity contribution in [3.8, 4) is 0 Å². The van der Waals surface area contributed by atoms with E-state index in [9.17, 15) is 4.79 Å². The van der Waals surface area contributed by atoms with Gasteiger partial charge in [-0.25, -0.2) is 0 Å². The molecule has 0 N–H and O–H groups in total. The van der Waals surface area contributed by atoms with E-state index < -0.39 is 0 Å². The van der Waals surface area contributed by atoms with Crippen LogP contribution in [0.1, 0.15) is 69.9 Å². The fraction of sp³-hybridized carbons (Fsp3) is 0.667. The van der Waals surface area contributed by atoms with Crippen LogP contribution in [0, 0.1) is 0 Å². The molecule has 24 heavy (non-hydrogen) atoms. The van der Waals surface area contributed by atoms with Crippen LogP contribution < -0.4 is 4.90 Å². The van der Waals surface area contributed by atoms with Gasteiger partial charge in [-0.15, -0.1) is 0 Å². The molecule has 1 aliphatic heterocycles. The van der Waals surface area contributed by atoms with E-state index >= 15 is 0 Å². The zero-order valence-corrected chi connectivity index (χ0v) is 15.6. The van der Waals surface area contributed by atoms with Crippen molar-refractivity contribution >= 4 is 11.6 Å². The van der Waals surface area contributed by atoms with Crippen LogP contribution in [0.4, 0.5) is 5.69 Å². The summed E-state index contributed by atoms with van der Waals surface area (Å²) in [5, 5.41) is 0. The first-order chi connectivity index (χ1) is 11.7. The van der Waals surface area contributed by atoms with Crippen LogP contribution >= 0.6 is 0 Å². The first-order valence-electron chi connectivity index (χ1n) is 9.85. The minimum Gasteiger partial charge on any atom is -0.312 e. The molecule has 2 atom stereocenters. The average Bonchev–Trinajstić information content (AvgIpc) is 2.58. The monoisotopic (exact) mass is 328 g/mol. The normalized spacial score (nSPS) is 22.8. The number of nitrogens with zero attached hydrogens (tertiary/aromatic N) is 2. The van der Waals surface area contributed by atoms with Crippen molar-refractivity contribution < 1.29 is 4.79 Å². The molecule has 0 aromatic heterocycles. The molecule has 1 aromatic rings. The van der Waals surface area contributed by atoms with Crippen molar-refractivity contribution in [2.45, 2.75) is 71.3 Å². The second-order valence-corrected chi connectivity index (χ2v) is 7.43. The molecule has 0 bridgehead atoms. The zero-order valence-electron chi connectivity index (χ0n) is 15.6. The third-order valence-electron chi connectivity index (χ3n) is 5.59.